The summed E-state index contributed by atoms with van der Waals surface area (Å²) >= 11 is 0. The predicted molar refractivity (Wildman–Crippen MR) is 346 cm³/mol. The smallest absolute Gasteiger partial charge is 0.265 e. The monoisotopic (exact) mass is 1140 g/mol. The number of imide groups is 3. The molecule has 15 rings (SSSR count). The molecule has 13 heteroatoms. The molecule has 0 saturated carbocycles. The van der Waals surface area contributed by atoms with Gasteiger partial charge in [0.05, 0.1) is 17.1 Å². The second-order valence-corrected chi connectivity index (χ2v) is 21.4. The van der Waals surface area contributed by atoms with Crippen molar-refractivity contribution >= 4 is 138 Å². The van der Waals surface area contributed by atoms with Crippen LogP contribution in [0.4, 0.5) is 34.1 Å². The number of aromatic nitrogens is 3. The van der Waals surface area contributed by atoms with Gasteiger partial charge in [-0.15, -0.1) is 0 Å². The Morgan fingerprint density at radius 2 is 0.511 bits per heavy atom. The van der Waals surface area contributed by atoms with Crippen molar-refractivity contribution in [1.29, 1.82) is 0 Å². The Balaban J connectivity index is 0.734. The second kappa shape index (κ2) is 21.4. The van der Waals surface area contributed by atoms with Gasteiger partial charge in [0.25, 0.3) is 35.4 Å². The summed E-state index contributed by atoms with van der Waals surface area (Å²) in [5, 5.41) is 4.27. The van der Waals surface area contributed by atoms with E-state index in [-0.39, 0.29) is 35.4 Å². The third-order valence-corrected chi connectivity index (χ3v) is 16.4. The van der Waals surface area contributed by atoms with Crippen LogP contribution in [-0.2, 0) is 0 Å². The molecule has 0 fully saturated rings. The Morgan fingerprint density at radius 1 is 0.261 bits per heavy atom. The number of hydrogen-bond donors (Lipinski definition) is 0. The fourth-order valence-electron chi connectivity index (χ4n) is 12.2. The van der Waals surface area contributed by atoms with E-state index in [1.54, 1.807) is 110 Å². The van der Waals surface area contributed by atoms with E-state index >= 15 is 0 Å². The fourth-order valence-corrected chi connectivity index (χ4v) is 12.2. The first kappa shape index (κ1) is 52.5. The number of anilines is 6. The van der Waals surface area contributed by atoms with Gasteiger partial charge in [-0.25, -0.2) is 14.7 Å². The normalized spacial score (nSPS) is 13.8. The summed E-state index contributed by atoms with van der Waals surface area (Å²) in [5.41, 5.74) is 12.2. The summed E-state index contributed by atoms with van der Waals surface area (Å²) < 4.78 is 0. The number of nitrogens with zero attached hydrogens (tertiary/aromatic N) is 7. The largest absolute Gasteiger partial charge is 0.311 e. The zero-order chi connectivity index (χ0) is 59.6. The van der Waals surface area contributed by atoms with Crippen LogP contribution in [0.3, 0.4) is 0 Å². The summed E-state index contributed by atoms with van der Waals surface area (Å²) in [7, 11) is 0. The van der Waals surface area contributed by atoms with Crippen LogP contribution >= 0.6 is 0 Å². The maximum absolute atomic E-state index is 13.9. The van der Waals surface area contributed by atoms with Crippen molar-refractivity contribution in [2.24, 2.45) is 0 Å². The number of carbonyl (C=O) groups excluding carboxylic acids is 6. The molecule has 0 spiro atoms. The summed E-state index contributed by atoms with van der Waals surface area (Å²) in [5.74, 6) is -2.31. The lowest BCUT2D eigenvalue weighted by Gasteiger charge is -2.27. The van der Waals surface area contributed by atoms with Crippen LogP contribution in [0.15, 0.2) is 237 Å². The quantitative estimate of drug-likeness (QED) is 0.0853. The van der Waals surface area contributed by atoms with Gasteiger partial charge in [-0.1, -0.05) is 127 Å². The fraction of sp³-hybridized carbons (Fsp3) is 0. The molecule has 88 heavy (non-hydrogen) atoms. The van der Waals surface area contributed by atoms with Crippen molar-refractivity contribution in [3.63, 3.8) is 0 Å². The number of pyridine rings is 3. The van der Waals surface area contributed by atoms with Gasteiger partial charge in [0.1, 0.15) is 0 Å². The number of hydrogen-bond acceptors (Lipinski definition) is 10. The number of carbonyl (C=O) groups is 6. The predicted octanol–water partition coefficient (Wildman–Crippen LogP) is 15.7. The standard InChI is InChI=1S/C75H45N7O6/c83-70-61-7-1-4-58-49(22-31-64(67(58)61)73(86)80(70)55-34-40-76-41-35-55)19-10-46-13-25-52(26-14-46)79(53-27-15-47(16-28-53)11-20-50-23-32-65-68-59(50)5-2-8-62(68)71(84)81(74(65)87)56-36-42-77-43-37-56)54-29-17-48(18-30-54)12-21-51-24-33-66-69-60(51)6-3-9-63(69)72(85)82(75(66)88)57-38-44-78-45-39-57/h1-45H/b19-10+,20-11+,21-12+. The maximum Gasteiger partial charge on any atom is 0.265 e. The SMILES string of the molecule is O=C1c2cccc3c(/C=C/c4ccc(N(c5ccc(/C=C/c6ccc7c8c(cccc68)C(=O)N(c6ccncc6)C7=O)cc5)c5ccc(/C=C/c6ccc7c8c(cccc68)C(=O)N(c6ccncc6)C7=O)cc5)cc4)ccc(c23)C(=O)N1c1ccncc1. The molecule has 13 nitrogen and oxygen atoms in total. The van der Waals surface area contributed by atoms with Gasteiger partial charge < -0.3 is 4.90 Å². The molecular formula is C75H45N7O6. The van der Waals surface area contributed by atoms with Gasteiger partial charge in [0, 0.05) is 104 Å². The molecule has 0 N–H and O–H groups in total. The summed E-state index contributed by atoms with van der Waals surface area (Å²) in [6, 6.07) is 62.3. The minimum Gasteiger partial charge on any atom is -0.311 e. The molecule has 3 aliphatic heterocycles. The van der Waals surface area contributed by atoms with E-state index in [9.17, 15) is 28.8 Å². The molecule has 6 amide bonds. The zero-order valence-corrected chi connectivity index (χ0v) is 46.6. The van der Waals surface area contributed by atoms with Gasteiger partial charge in [-0.05, 0) is 159 Å². The van der Waals surface area contributed by atoms with Crippen LogP contribution in [0.5, 0.6) is 0 Å². The summed E-state index contributed by atoms with van der Waals surface area (Å²) in [6.45, 7) is 0. The average Bonchev–Trinajstić information content (AvgIpc) is 0.826. The molecule has 3 aromatic heterocycles. The molecule has 12 aromatic rings. The highest BCUT2D eigenvalue weighted by Gasteiger charge is 2.37. The van der Waals surface area contributed by atoms with Crippen LogP contribution in [0.25, 0.3) is 68.8 Å². The first-order valence-electron chi connectivity index (χ1n) is 28.3. The maximum atomic E-state index is 13.9. The van der Waals surface area contributed by atoms with Crippen molar-refractivity contribution < 1.29 is 28.8 Å². The van der Waals surface area contributed by atoms with Crippen LogP contribution in [0, 0.1) is 0 Å². The highest BCUT2D eigenvalue weighted by Crippen LogP contribution is 2.40. The van der Waals surface area contributed by atoms with E-state index in [0.29, 0.717) is 66.6 Å². The van der Waals surface area contributed by atoms with E-state index in [0.717, 1.165) is 66.6 Å². The molecule has 6 heterocycles. The summed E-state index contributed by atoms with van der Waals surface area (Å²) in [4.78, 5) is 101. The van der Waals surface area contributed by atoms with E-state index in [4.69, 9.17) is 0 Å². The van der Waals surface area contributed by atoms with Crippen molar-refractivity contribution in [2.45, 2.75) is 0 Å². The number of rotatable bonds is 12. The molecule has 0 atom stereocenters. The van der Waals surface area contributed by atoms with Crippen LogP contribution in [0.1, 0.15) is 95.5 Å². The Bertz CT molecular complexity index is 4460. The molecule has 3 aliphatic rings. The lowest BCUT2D eigenvalue weighted by atomic mass is 9.90. The lowest BCUT2D eigenvalue weighted by Crippen LogP contribution is -2.40. The Kier molecular flexibility index (Phi) is 12.7. The topological polar surface area (TPSA) is 154 Å². The third kappa shape index (κ3) is 8.84. The number of benzene rings is 9. The van der Waals surface area contributed by atoms with Crippen LogP contribution in [-0.4, -0.2) is 50.4 Å². The lowest BCUT2D eigenvalue weighted by molar-refractivity contribution is 0.0877. The Labute approximate surface area is 503 Å². The summed E-state index contributed by atoms with van der Waals surface area (Å²) in [6.07, 6.45) is 21.4. The van der Waals surface area contributed by atoms with E-state index in [1.807, 2.05) is 127 Å². The molecule has 0 saturated heterocycles. The van der Waals surface area contributed by atoms with E-state index in [2.05, 4.69) is 56.3 Å². The molecule has 9 aromatic carbocycles. The first-order valence-corrected chi connectivity index (χ1v) is 28.3. The zero-order valence-electron chi connectivity index (χ0n) is 46.6. The molecule has 0 unspecified atom stereocenters. The van der Waals surface area contributed by atoms with Gasteiger partial charge in [0.15, 0.2) is 0 Å². The molecule has 0 aliphatic carbocycles. The van der Waals surface area contributed by atoms with Crippen molar-refractivity contribution in [1.82, 2.24) is 15.0 Å². The van der Waals surface area contributed by atoms with Crippen LogP contribution < -0.4 is 19.6 Å². The van der Waals surface area contributed by atoms with Crippen molar-refractivity contribution in [3.8, 4) is 0 Å². The van der Waals surface area contributed by atoms with Crippen molar-refractivity contribution in [2.75, 3.05) is 19.6 Å². The Hall–Kier alpha value is -12.4. The molecule has 416 valence electrons. The van der Waals surface area contributed by atoms with E-state index in [1.165, 1.54) is 14.7 Å². The van der Waals surface area contributed by atoms with Crippen molar-refractivity contribution in [3.05, 3.63) is 304 Å². The van der Waals surface area contributed by atoms with E-state index < -0.39 is 0 Å². The van der Waals surface area contributed by atoms with Gasteiger partial charge in [-0.2, -0.15) is 0 Å². The third-order valence-electron chi connectivity index (χ3n) is 16.4. The average molecular weight is 1140 g/mol. The van der Waals surface area contributed by atoms with Gasteiger partial charge in [0.2, 0.25) is 0 Å². The minimum atomic E-state index is -0.386. The van der Waals surface area contributed by atoms with Gasteiger partial charge >= 0.3 is 0 Å². The van der Waals surface area contributed by atoms with Crippen LogP contribution in [0.2, 0.25) is 0 Å². The van der Waals surface area contributed by atoms with Gasteiger partial charge in [-0.3, -0.25) is 43.7 Å². The molecular weight excluding hydrogens is 1090 g/mol. The minimum absolute atomic E-state index is 0.386. The highest BCUT2D eigenvalue weighted by molar-refractivity contribution is 6.38. The first-order chi connectivity index (χ1) is 43.2. The number of amides is 6. The second-order valence-electron chi connectivity index (χ2n) is 21.4. The molecule has 0 bridgehead atoms. The molecule has 0 radical (unpaired) electrons. The highest BCUT2D eigenvalue weighted by atomic mass is 16.2. The Morgan fingerprint density at radius 3 is 0.773 bits per heavy atom.